The molecule has 0 heterocycles. The van der Waals surface area contributed by atoms with Crippen molar-refractivity contribution in [2.75, 3.05) is 10.7 Å². The molecule has 1 N–H and O–H groups in total. The molecule has 0 unspecified atom stereocenters. The van der Waals surface area contributed by atoms with E-state index in [1.807, 2.05) is 30.3 Å². The molecule has 0 saturated heterocycles. The second-order valence-corrected chi connectivity index (χ2v) is 5.70. The van der Waals surface area contributed by atoms with E-state index in [1.54, 1.807) is 18.2 Å². The number of halogens is 2. The minimum Gasteiger partial charge on any atom is -0.506 e. The van der Waals surface area contributed by atoms with Crippen molar-refractivity contribution >= 4 is 37.8 Å². The van der Waals surface area contributed by atoms with Gasteiger partial charge in [-0.2, -0.15) is 0 Å². The maximum atomic E-state index is 12.2. The first-order valence-corrected chi connectivity index (χ1v) is 8.62. The molecule has 110 valence electrons. The summed E-state index contributed by atoms with van der Waals surface area (Å²) < 4.78 is 5.31. The predicted octanol–water partition coefficient (Wildman–Crippen LogP) is 4.37. The summed E-state index contributed by atoms with van der Waals surface area (Å²) in [5.74, 6) is -0.592. The van der Waals surface area contributed by atoms with Crippen LogP contribution in [-0.4, -0.2) is 27.8 Å². The Bertz CT molecular complexity index is 610. The van der Waals surface area contributed by atoms with Crippen molar-refractivity contribution in [1.82, 2.24) is 0 Å². The molecule has 5 heteroatoms. The van der Waals surface area contributed by atoms with E-state index >= 15 is 0 Å². The van der Waals surface area contributed by atoms with Gasteiger partial charge in [-0.05, 0) is 11.6 Å². The molecule has 0 amide bonds. The summed E-state index contributed by atoms with van der Waals surface area (Å²) in [5.41, 5.74) is 1.63. The second kappa shape index (κ2) is 7.61. The van der Waals surface area contributed by atoms with Gasteiger partial charge in [0.2, 0.25) is 0 Å². The van der Waals surface area contributed by atoms with Crippen LogP contribution in [0, 0.1) is 0 Å². The highest BCUT2D eigenvalue weighted by molar-refractivity contribution is 9.09. The Kier molecular flexibility index (Phi) is 5.82. The molecule has 2 aromatic carbocycles. The lowest BCUT2D eigenvalue weighted by molar-refractivity contribution is 0.0395. The highest BCUT2D eigenvalue weighted by atomic mass is 79.9. The molecule has 0 aliphatic rings. The molecule has 21 heavy (non-hydrogen) atoms. The average molecular weight is 414 g/mol. The van der Waals surface area contributed by atoms with Gasteiger partial charge < -0.3 is 9.84 Å². The molecule has 3 nitrogen and oxygen atoms in total. The number of hydrogen-bond donors (Lipinski definition) is 1. The van der Waals surface area contributed by atoms with Crippen molar-refractivity contribution in [3.8, 4) is 16.9 Å². The minimum absolute atomic E-state index is 0.0587. The van der Waals surface area contributed by atoms with E-state index in [9.17, 15) is 9.90 Å². The number of rotatable bonds is 5. The predicted molar refractivity (Wildman–Crippen MR) is 90.3 cm³/mol. The molecular formula is C16H14Br2O3. The molecule has 0 aliphatic carbocycles. The largest absolute Gasteiger partial charge is 0.506 e. The van der Waals surface area contributed by atoms with Crippen molar-refractivity contribution in [3.05, 3.63) is 54.1 Å². The number of phenols is 1. The van der Waals surface area contributed by atoms with Crippen LogP contribution in [0.4, 0.5) is 0 Å². The first-order valence-electron chi connectivity index (χ1n) is 6.37. The Hall–Kier alpha value is -1.33. The Balaban J connectivity index is 2.32. The molecule has 0 aliphatic heterocycles. The first kappa shape index (κ1) is 16.0. The van der Waals surface area contributed by atoms with E-state index in [0.29, 0.717) is 16.2 Å². The zero-order valence-electron chi connectivity index (χ0n) is 11.1. The fraction of sp³-hybridized carbons (Fsp3) is 0.188. The number of phenolic OH excluding ortho intramolecular Hbond substituents is 1. The number of hydrogen-bond acceptors (Lipinski definition) is 3. The minimum atomic E-state index is -0.533. The fourth-order valence-electron chi connectivity index (χ4n) is 1.88. The van der Waals surface area contributed by atoms with Crippen LogP contribution in [0.2, 0.25) is 0 Å². The average Bonchev–Trinajstić information content (AvgIpc) is 2.53. The number of para-hydroxylation sites is 1. The van der Waals surface area contributed by atoms with Crippen LogP contribution in [0.3, 0.4) is 0 Å². The van der Waals surface area contributed by atoms with Gasteiger partial charge in [0, 0.05) is 16.2 Å². The smallest absolute Gasteiger partial charge is 0.342 e. The lowest BCUT2D eigenvalue weighted by Gasteiger charge is -2.14. The second-order valence-electron chi connectivity index (χ2n) is 4.40. The standard InChI is InChI=1S/C16H14Br2O3/c17-9-12(10-18)21-16(20)14-8-4-7-13(15(14)19)11-5-2-1-3-6-11/h1-8,12,19H,9-10H2. The Morgan fingerprint density at radius 2 is 1.71 bits per heavy atom. The zero-order valence-corrected chi connectivity index (χ0v) is 14.3. The van der Waals surface area contributed by atoms with Gasteiger partial charge in [0.05, 0.1) is 0 Å². The molecule has 0 bridgehead atoms. The number of benzene rings is 2. The highest BCUT2D eigenvalue weighted by Crippen LogP contribution is 2.32. The van der Waals surface area contributed by atoms with Crippen LogP contribution >= 0.6 is 31.9 Å². The van der Waals surface area contributed by atoms with Gasteiger partial charge in [0.15, 0.2) is 0 Å². The maximum Gasteiger partial charge on any atom is 0.342 e. The van der Waals surface area contributed by atoms with E-state index in [4.69, 9.17) is 4.74 Å². The Morgan fingerprint density at radius 3 is 2.33 bits per heavy atom. The van der Waals surface area contributed by atoms with Crippen LogP contribution < -0.4 is 0 Å². The quantitative estimate of drug-likeness (QED) is 0.584. The van der Waals surface area contributed by atoms with Crippen LogP contribution in [0.1, 0.15) is 10.4 Å². The molecule has 0 radical (unpaired) electrons. The van der Waals surface area contributed by atoms with Crippen LogP contribution in [-0.2, 0) is 4.74 Å². The summed E-state index contributed by atoms with van der Waals surface area (Å²) in [4.78, 5) is 12.2. The van der Waals surface area contributed by atoms with E-state index in [2.05, 4.69) is 31.9 Å². The van der Waals surface area contributed by atoms with Crippen LogP contribution in [0.5, 0.6) is 5.75 Å². The maximum absolute atomic E-state index is 12.2. The number of ether oxygens (including phenoxy) is 1. The summed E-state index contributed by atoms with van der Waals surface area (Å²) in [5, 5.41) is 11.4. The summed E-state index contributed by atoms with van der Waals surface area (Å²) in [6, 6.07) is 14.5. The molecule has 0 fully saturated rings. The number of alkyl halides is 2. The van der Waals surface area contributed by atoms with Gasteiger partial charge in [-0.15, -0.1) is 0 Å². The van der Waals surface area contributed by atoms with Crippen molar-refractivity contribution < 1.29 is 14.6 Å². The number of esters is 1. The van der Waals surface area contributed by atoms with Gasteiger partial charge in [-0.25, -0.2) is 4.79 Å². The van der Waals surface area contributed by atoms with Crippen molar-refractivity contribution in [2.45, 2.75) is 6.10 Å². The third kappa shape index (κ3) is 3.86. The SMILES string of the molecule is O=C(OC(CBr)CBr)c1cccc(-c2ccccc2)c1O. The highest BCUT2D eigenvalue weighted by Gasteiger charge is 2.19. The molecule has 2 aromatic rings. The molecule has 0 saturated carbocycles. The van der Waals surface area contributed by atoms with Gasteiger partial charge in [-0.3, -0.25) is 0 Å². The van der Waals surface area contributed by atoms with Crippen LogP contribution in [0.25, 0.3) is 11.1 Å². The van der Waals surface area contributed by atoms with E-state index in [0.717, 1.165) is 5.56 Å². The third-order valence-electron chi connectivity index (χ3n) is 2.96. The fourth-order valence-corrected chi connectivity index (χ4v) is 3.21. The van der Waals surface area contributed by atoms with Crippen molar-refractivity contribution in [1.29, 1.82) is 0 Å². The van der Waals surface area contributed by atoms with Gasteiger partial charge in [-0.1, -0.05) is 74.3 Å². The van der Waals surface area contributed by atoms with E-state index in [1.165, 1.54) is 0 Å². The molecule has 0 aromatic heterocycles. The summed E-state index contributed by atoms with van der Waals surface area (Å²) in [6.07, 6.45) is -0.280. The molecule has 0 spiro atoms. The molecule has 0 atom stereocenters. The molecular weight excluding hydrogens is 400 g/mol. The normalized spacial score (nSPS) is 10.6. The lowest BCUT2D eigenvalue weighted by Crippen LogP contribution is -2.21. The van der Waals surface area contributed by atoms with Crippen molar-refractivity contribution in [2.24, 2.45) is 0 Å². The van der Waals surface area contributed by atoms with Crippen molar-refractivity contribution in [3.63, 3.8) is 0 Å². The van der Waals surface area contributed by atoms with E-state index in [-0.39, 0.29) is 17.4 Å². The molecule has 2 rings (SSSR count). The van der Waals surface area contributed by atoms with Gasteiger partial charge in [0.25, 0.3) is 0 Å². The number of aromatic hydroxyl groups is 1. The topological polar surface area (TPSA) is 46.5 Å². The number of carbonyl (C=O) groups excluding carboxylic acids is 1. The Labute approximate surface area is 140 Å². The summed E-state index contributed by atoms with van der Waals surface area (Å²) >= 11 is 6.55. The van der Waals surface area contributed by atoms with Gasteiger partial charge in [0.1, 0.15) is 17.4 Å². The van der Waals surface area contributed by atoms with E-state index < -0.39 is 5.97 Å². The van der Waals surface area contributed by atoms with Gasteiger partial charge >= 0.3 is 5.97 Å². The lowest BCUT2D eigenvalue weighted by atomic mass is 10.0. The Morgan fingerprint density at radius 1 is 1.05 bits per heavy atom. The number of carbonyl (C=O) groups is 1. The zero-order chi connectivity index (χ0) is 15.2. The first-order chi connectivity index (χ1) is 10.2. The third-order valence-corrected chi connectivity index (χ3v) is 4.40. The monoisotopic (exact) mass is 412 g/mol. The van der Waals surface area contributed by atoms with Crippen LogP contribution in [0.15, 0.2) is 48.5 Å². The summed E-state index contributed by atoms with van der Waals surface area (Å²) in [7, 11) is 0. The summed E-state index contributed by atoms with van der Waals surface area (Å²) in [6.45, 7) is 0.